The van der Waals surface area contributed by atoms with Gasteiger partial charge in [0.05, 0.1) is 27.4 Å². The molecule has 2 aromatic heterocycles. The zero-order valence-corrected chi connectivity index (χ0v) is 24.9. The van der Waals surface area contributed by atoms with Crippen molar-refractivity contribution >= 4 is 34.1 Å². The molecule has 0 spiro atoms. The van der Waals surface area contributed by atoms with E-state index in [2.05, 4.69) is 20.2 Å². The van der Waals surface area contributed by atoms with Crippen LogP contribution in [-0.2, 0) is 6.18 Å². The molecule has 0 radical (unpaired) electrons. The van der Waals surface area contributed by atoms with Crippen molar-refractivity contribution in [3.8, 4) is 17.3 Å². The van der Waals surface area contributed by atoms with Crippen LogP contribution in [0, 0.1) is 18.7 Å². The van der Waals surface area contributed by atoms with E-state index in [1.165, 1.54) is 13.0 Å². The largest absolute Gasteiger partial charge is 0.461 e. The average molecular weight is 638 g/mol. The van der Waals surface area contributed by atoms with Gasteiger partial charge in [0.15, 0.2) is 5.82 Å². The van der Waals surface area contributed by atoms with Crippen molar-refractivity contribution in [2.45, 2.75) is 63.0 Å². The van der Waals surface area contributed by atoms with Crippen LogP contribution in [0.5, 0.6) is 6.01 Å². The molecule has 6 heterocycles. The second-order valence-corrected chi connectivity index (χ2v) is 13.0. The molecule has 0 aliphatic carbocycles. The molecule has 14 heteroatoms. The Morgan fingerprint density at radius 3 is 2.77 bits per heavy atom. The van der Waals surface area contributed by atoms with E-state index in [1.54, 1.807) is 0 Å². The van der Waals surface area contributed by atoms with Gasteiger partial charge in [-0.15, -0.1) is 0 Å². The van der Waals surface area contributed by atoms with E-state index in [-0.39, 0.29) is 39.9 Å². The summed E-state index contributed by atoms with van der Waals surface area (Å²) in [5, 5.41) is 3.50. The first-order valence-corrected chi connectivity index (χ1v) is 15.4. The smallest absolute Gasteiger partial charge is 0.418 e. The van der Waals surface area contributed by atoms with Gasteiger partial charge in [-0.05, 0) is 69.3 Å². The summed E-state index contributed by atoms with van der Waals surface area (Å²) in [4.78, 5) is 17.1. The minimum absolute atomic E-state index is 0.114. The van der Waals surface area contributed by atoms with Crippen molar-refractivity contribution in [2.24, 2.45) is 5.92 Å². The molecule has 0 bridgehead atoms. The molecular formula is C30H33ClF5N7O. The maximum Gasteiger partial charge on any atom is 0.418 e. The summed E-state index contributed by atoms with van der Waals surface area (Å²) in [7, 11) is 0. The molecule has 1 aromatic carbocycles. The summed E-state index contributed by atoms with van der Waals surface area (Å²) in [5.74, 6) is -0.528. The molecule has 0 amide bonds. The lowest BCUT2D eigenvalue weighted by atomic mass is 9.93. The lowest BCUT2D eigenvalue weighted by Crippen LogP contribution is -2.45. The number of aryl methyl sites for hydroxylation is 1. The van der Waals surface area contributed by atoms with Crippen molar-refractivity contribution in [3.05, 3.63) is 34.1 Å². The van der Waals surface area contributed by atoms with Gasteiger partial charge < -0.3 is 20.7 Å². The number of halogens is 6. The minimum Gasteiger partial charge on any atom is -0.461 e. The van der Waals surface area contributed by atoms with Crippen LogP contribution in [0.25, 0.3) is 22.2 Å². The summed E-state index contributed by atoms with van der Waals surface area (Å²) < 4.78 is 79.9. The summed E-state index contributed by atoms with van der Waals surface area (Å²) >= 11 is 6.59. The lowest BCUT2D eigenvalue weighted by molar-refractivity contribution is -0.137. The van der Waals surface area contributed by atoms with Crippen molar-refractivity contribution in [2.75, 3.05) is 50.0 Å². The van der Waals surface area contributed by atoms with Crippen LogP contribution in [0.3, 0.4) is 0 Å². The van der Waals surface area contributed by atoms with Gasteiger partial charge in [0, 0.05) is 37.5 Å². The summed E-state index contributed by atoms with van der Waals surface area (Å²) in [6, 6.07) is 2.74. The van der Waals surface area contributed by atoms with E-state index in [0.717, 1.165) is 44.8 Å². The van der Waals surface area contributed by atoms with Crippen molar-refractivity contribution in [1.29, 1.82) is 0 Å². The number of nitrogens with one attached hydrogen (secondary N) is 1. The molecule has 8 nitrogen and oxygen atoms in total. The van der Waals surface area contributed by atoms with Crippen LogP contribution >= 0.6 is 11.6 Å². The number of alkyl halides is 4. The molecule has 4 aliphatic rings. The Bertz CT molecular complexity index is 1620. The number of nitrogens with two attached hydrogens (primary N) is 1. The molecule has 4 saturated heterocycles. The van der Waals surface area contributed by atoms with Gasteiger partial charge in [0.1, 0.15) is 29.9 Å². The molecule has 2 unspecified atom stereocenters. The molecule has 7 rings (SSSR count). The maximum atomic E-state index is 16.6. The number of fused-ring (bicyclic) bond motifs is 3. The van der Waals surface area contributed by atoms with Gasteiger partial charge in [-0.3, -0.25) is 4.90 Å². The topological polar surface area (TPSA) is 92.4 Å². The molecule has 3 aromatic rings. The van der Waals surface area contributed by atoms with Crippen LogP contribution in [0.1, 0.15) is 43.2 Å². The molecule has 44 heavy (non-hydrogen) atoms. The highest BCUT2D eigenvalue weighted by molar-refractivity contribution is 6.34. The van der Waals surface area contributed by atoms with Gasteiger partial charge in [0.2, 0.25) is 0 Å². The van der Waals surface area contributed by atoms with Crippen LogP contribution in [0.2, 0.25) is 5.02 Å². The number of hydrogen-bond donors (Lipinski definition) is 2. The van der Waals surface area contributed by atoms with Crippen LogP contribution in [0.4, 0.5) is 33.6 Å². The number of piperidine rings is 1. The number of nitrogen functional groups attached to an aromatic ring is 1. The normalized spacial score (nSPS) is 27.2. The molecule has 0 saturated carbocycles. The van der Waals surface area contributed by atoms with E-state index < -0.39 is 40.5 Å². The number of aromatic nitrogens is 3. The van der Waals surface area contributed by atoms with Gasteiger partial charge in [-0.1, -0.05) is 11.6 Å². The van der Waals surface area contributed by atoms with E-state index in [9.17, 15) is 17.6 Å². The Labute approximate surface area is 256 Å². The summed E-state index contributed by atoms with van der Waals surface area (Å²) in [5.41, 5.74) is 2.50. The second kappa shape index (κ2) is 10.8. The zero-order valence-electron chi connectivity index (χ0n) is 24.2. The van der Waals surface area contributed by atoms with E-state index in [1.807, 2.05) is 4.90 Å². The highest BCUT2D eigenvalue weighted by Gasteiger charge is 2.49. The Hall–Kier alpha value is -3.03. The lowest BCUT2D eigenvalue weighted by Gasteiger charge is -2.36. The van der Waals surface area contributed by atoms with Crippen LogP contribution < -0.4 is 20.7 Å². The van der Waals surface area contributed by atoms with Crippen molar-refractivity contribution in [3.63, 3.8) is 0 Å². The highest BCUT2D eigenvalue weighted by atomic mass is 35.5. The van der Waals surface area contributed by atoms with Crippen LogP contribution in [-0.4, -0.2) is 76.9 Å². The molecule has 236 valence electrons. The maximum absolute atomic E-state index is 16.6. The minimum atomic E-state index is -4.85. The summed E-state index contributed by atoms with van der Waals surface area (Å²) in [6.45, 7) is 4.64. The second-order valence-electron chi connectivity index (χ2n) is 12.6. The molecule has 4 fully saturated rings. The Morgan fingerprint density at radius 1 is 1.16 bits per heavy atom. The third-order valence-electron chi connectivity index (χ3n) is 9.79. The third kappa shape index (κ3) is 5.00. The first-order chi connectivity index (χ1) is 20.9. The van der Waals surface area contributed by atoms with E-state index in [0.29, 0.717) is 43.8 Å². The van der Waals surface area contributed by atoms with E-state index >= 15 is 4.39 Å². The fourth-order valence-corrected chi connectivity index (χ4v) is 8.09. The fraction of sp³-hybridized carbons (Fsp3) is 0.567. The Kier molecular flexibility index (Phi) is 7.28. The Balaban J connectivity index is 1.37. The quantitative estimate of drug-likeness (QED) is 0.353. The zero-order chi connectivity index (χ0) is 31.0. The third-order valence-corrected chi connectivity index (χ3v) is 10.1. The number of benzene rings is 1. The van der Waals surface area contributed by atoms with Crippen LogP contribution in [0.15, 0.2) is 12.1 Å². The highest BCUT2D eigenvalue weighted by Crippen LogP contribution is 2.45. The number of pyridine rings is 1. The number of rotatable bonds is 5. The monoisotopic (exact) mass is 637 g/mol. The molecule has 4 aliphatic heterocycles. The van der Waals surface area contributed by atoms with Gasteiger partial charge in [-0.25, -0.2) is 13.8 Å². The van der Waals surface area contributed by atoms with Gasteiger partial charge in [-0.2, -0.15) is 23.1 Å². The SMILES string of the molecule is Cc1cc(N)nc(-c2c(Cl)cc3c(N4CCC5NCCC5C4)nc(OC[C@]45CCCN4C[C@H](F)C5)nc3c2F)c1C(F)(F)F. The first-order valence-electron chi connectivity index (χ1n) is 15.0. The van der Waals surface area contributed by atoms with Crippen molar-refractivity contribution in [1.82, 2.24) is 25.2 Å². The number of ether oxygens (including phenoxy) is 1. The standard InChI is InChI=1S/C30H33ClF5N7O/c1-15-9-21(37)39-26(23(15)30(34,35)36)22-19(31)10-18-25(24(22)33)40-28(44-14-29-5-2-7-43(29)13-17(32)11-29)41-27(18)42-8-4-20-16(12-42)3-6-38-20/h9-10,16-17,20,38H,2-8,11-14H2,1H3,(H2,37,39)/t16?,17-,20?,29-/m1/s1. The molecule has 3 N–H and O–H groups in total. The molecular weight excluding hydrogens is 605 g/mol. The van der Waals surface area contributed by atoms with Gasteiger partial charge >= 0.3 is 12.2 Å². The molecule has 4 atom stereocenters. The van der Waals surface area contributed by atoms with Gasteiger partial charge in [0.25, 0.3) is 0 Å². The summed E-state index contributed by atoms with van der Waals surface area (Å²) in [6.07, 6.45) is -2.00. The number of nitrogens with zero attached hydrogens (tertiary/aromatic N) is 5. The predicted octanol–water partition coefficient (Wildman–Crippen LogP) is 5.54. The Morgan fingerprint density at radius 2 is 1.98 bits per heavy atom. The average Bonchev–Trinajstić information content (AvgIpc) is 3.64. The fourth-order valence-electron chi connectivity index (χ4n) is 7.81. The predicted molar refractivity (Wildman–Crippen MR) is 157 cm³/mol. The number of anilines is 2. The van der Waals surface area contributed by atoms with E-state index in [4.69, 9.17) is 27.1 Å². The first kappa shape index (κ1) is 29.7. The number of hydrogen-bond acceptors (Lipinski definition) is 8. The van der Waals surface area contributed by atoms with Crippen molar-refractivity contribution < 1.29 is 26.7 Å².